The molecule has 0 aliphatic carbocycles. The Balaban J connectivity index is 0.000000430. The monoisotopic (exact) mass is 1030 g/mol. The predicted molar refractivity (Wildman–Crippen MR) is 320 cm³/mol. The van der Waals surface area contributed by atoms with E-state index in [2.05, 4.69) is 0 Å². The number of hydrogen-bond donors (Lipinski definition) is 16. The summed E-state index contributed by atoms with van der Waals surface area (Å²) in [7, 11) is 0. The molecule has 8 rings (SSSR count). The van der Waals surface area contributed by atoms with Gasteiger partial charge in [-0.15, -0.1) is 0 Å². The Hall–Kier alpha value is -9.65. The van der Waals surface area contributed by atoms with Crippen LogP contribution in [0.1, 0.15) is 44.5 Å². The SMILES string of the molecule is Cc1c(C)c(N)c(C)c(C)c1N.Cc1cc(N)c(C)cc1N.Cc1cc(N)ccc1N.Cc1cc(N)ccc1N.Nc1cc(F)c(N)cc1F.Nc1ccc(N)c(F)c1.Nc1ccc(N)cc1.Nc1cccc(N)c1. The average Bonchev–Trinajstić information content (AvgIpc) is 3.34. The van der Waals surface area contributed by atoms with E-state index in [4.69, 9.17) is 91.7 Å². The molecule has 32 N–H and O–H groups in total. The summed E-state index contributed by atoms with van der Waals surface area (Å²) in [6.45, 7) is 15.8. The Morgan fingerprint density at radius 1 is 0.227 bits per heavy atom. The van der Waals surface area contributed by atoms with Gasteiger partial charge in [0.05, 0.1) is 17.1 Å². The van der Waals surface area contributed by atoms with Gasteiger partial charge in [-0.1, -0.05) is 6.07 Å². The minimum atomic E-state index is -0.695. The number of nitrogens with two attached hydrogens (primary N) is 16. The Morgan fingerprint density at radius 3 is 0.733 bits per heavy atom. The van der Waals surface area contributed by atoms with Crippen LogP contribution < -0.4 is 91.7 Å². The summed E-state index contributed by atoms with van der Waals surface area (Å²) in [4.78, 5) is 0. The maximum atomic E-state index is 12.4. The second kappa shape index (κ2) is 30.3. The van der Waals surface area contributed by atoms with Crippen molar-refractivity contribution in [3.8, 4) is 0 Å². The van der Waals surface area contributed by atoms with Gasteiger partial charge in [0.15, 0.2) is 0 Å². The topological polar surface area (TPSA) is 416 Å². The van der Waals surface area contributed by atoms with Crippen LogP contribution in [0.25, 0.3) is 0 Å². The number of aryl methyl sites for hydroxylation is 4. The highest BCUT2D eigenvalue weighted by Crippen LogP contribution is 2.30. The van der Waals surface area contributed by atoms with Gasteiger partial charge in [-0.2, -0.15) is 0 Å². The molecule has 0 saturated heterocycles. The van der Waals surface area contributed by atoms with Gasteiger partial charge in [0.2, 0.25) is 0 Å². The summed E-state index contributed by atoms with van der Waals surface area (Å²) in [5.41, 5.74) is 105. The number of anilines is 16. The van der Waals surface area contributed by atoms with Gasteiger partial charge in [0.1, 0.15) is 17.5 Å². The first-order chi connectivity index (χ1) is 34.9. The minimum absolute atomic E-state index is 0.129. The third-order valence-electron chi connectivity index (χ3n) is 11.0. The summed E-state index contributed by atoms with van der Waals surface area (Å²) in [5.74, 6) is -1.85. The zero-order valence-electron chi connectivity index (χ0n) is 44.0. The molecule has 402 valence electrons. The number of hydrogen-bond acceptors (Lipinski definition) is 16. The quantitative estimate of drug-likeness (QED) is 0.0628. The molecule has 8 aromatic rings. The molecule has 16 nitrogen and oxygen atoms in total. The molecule has 0 atom stereocenters. The van der Waals surface area contributed by atoms with Crippen molar-refractivity contribution in [1.82, 2.24) is 0 Å². The first-order valence-corrected chi connectivity index (χ1v) is 22.9. The average molecular weight is 1030 g/mol. The lowest BCUT2D eigenvalue weighted by atomic mass is 9.97. The lowest BCUT2D eigenvalue weighted by Gasteiger charge is -2.14. The second-order valence-corrected chi connectivity index (χ2v) is 17.1. The van der Waals surface area contributed by atoms with E-state index in [-0.39, 0.29) is 17.1 Å². The maximum absolute atomic E-state index is 12.4. The molecule has 0 amide bonds. The summed E-state index contributed by atoms with van der Waals surface area (Å²) >= 11 is 0. The Kier molecular flexibility index (Phi) is 25.6. The second-order valence-electron chi connectivity index (χ2n) is 17.1. The Morgan fingerprint density at radius 2 is 0.480 bits per heavy atom. The lowest BCUT2D eigenvalue weighted by Crippen LogP contribution is -2.04. The summed E-state index contributed by atoms with van der Waals surface area (Å²) in [6, 6.07) is 34.8. The Labute approximate surface area is 439 Å². The number of rotatable bonds is 0. The molecular weight excluding hydrogens is 954 g/mol. The van der Waals surface area contributed by atoms with Crippen molar-refractivity contribution in [3.63, 3.8) is 0 Å². The van der Waals surface area contributed by atoms with Crippen molar-refractivity contribution >= 4 is 91.0 Å². The van der Waals surface area contributed by atoms with E-state index < -0.39 is 17.5 Å². The van der Waals surface area contributed by atoms with Gasteiger partial charge >= 0.3 is 0 Å². The fourth-order valence-corrected chi connectivity index (χ4v) is 5.81. The van der Waals surface area contributed by atoms with Crippen LogP contribution in [-0.4, -0.2) is 0 Å². The maximum Gasteiger partial charge on any atom is 0.148 e. The highest BCUT2D eigenvalue weighted by atomic mass is 19.1. The van der Waals surface area contributed by atoms with Gasteiger partial charge in [-0.3, -0.25) is 0 Å². The Bertz CT molecular complexity index is 2680. The van der Waals surface area contributed by atoms with E-state index in [1.807, 2.05) is 97.9 Å². The third kappa shape index (κ3) is 22.5. The fraction of sp³-hybridized carbons (Fsp3) is 0.143. The van der Waals surface area contributed by atoms with Crippen molar-refractivity contribution in [2.75, 3.05) is 91.7 Å². The number of halogens is 3. The molecule has 0 unspecified atom stereocenters. The highest BCUT2D eigenvalue weighted by molar-refractivity contribution is 5.70. The summed E-state index contributed by atoms with van der Waals surface area (Å²) < 4.78 is 37.2. The first-order valence-electron chi connectivity index (χ1n) is 22.9. The highest BCUT2D eigenvalue weighted by Gasteiger charge is 2.09. The van der Waals surface area contributed by atoms with Gasteiger partial charge in [-0.25, -0.2) is 13.2 Å². The molecule has 0 bridgehead atoms. The minimum Gasteiger partial charge on any atom is -0.399 e. The lowest BCUT2D eigenvalue weighted by molar-refractivity contribution is 0.608. The molecule has 8 aromatic carbocycles. The van der Waals surface area contributed by atoms with E-state index in [9.17, 15) is 13.2 Å². The normalized spacial score (nSPS) is 9.59. The number of benzene rings is 8. The molecule has 0 aromatic heterocycles. The largest absolute Gasteiger partial charge is 0.399 e. The van der Waals surface area contributed by atoms with Crippen LogP contribution in [0.3, 0.4) is 0 Å². The molecule has 19 heteroatoms. The summed E-state index contributed by atoms with van der Waals surface area (Å²) in [5, 5.41) is 0. The molecule has 0 saturated carbocycles. The van der Waals surface area contributed by atoms with E-state index in [0.29, 0.717) is 17.1 Å². The zero-order valence-corrected chi connectivity index (χ0v) is 44.0. The third-order valence-corrected chi connectivity index (χ3v) is 11.0. The van der Waals surface area contributed by atoms with Gasteiger partial charge in [0.25, 0.3) is 0 Å². The van der Waals surface area contributed by atoms with Crippen molar-refractivity contribution in [2.45, 2.75) is 55.4 Å². The van der Waals surface area contributed by atoms with Gasteiger partial charge in [-0.05, 0) is 209 Å². The van der Waals surface area contributed by atoms with Crippen LogP contribution in [0.4, 0.5) is 104 Å². The zero-order chi connectivity index (χ0) is 57.4. The van der Waals surface area contributed by atoms with Crippen molar-refractivity contribution in [2.24, 2.45) is 0 Å². The van der Waals surface area contributed by atoms with E-state index in [1.54, 1.807) is 60.7 Å². The smallest absolute Gasteiger partial charge is 0.148 e. The van der Waals surface area contributed by atoms with E-state index in [1.165, 1.54) is 12.1 Å². The molecule has 0 aliphatic rings. The standard InChI is InChI=1S/C10H16N2.C8H12N2.2C7H10N2.C6H6F2N2.C6H7FN2.2C6H8N2/c1-5-6(2)10(12)8(4)7(3)9(5)11;1-5-3-8(10)6(2)4-7(5)9;2*1-5-4-6(8)2-3-7(5)9;7-3-1-5(9)4(8)2-6(3)10;7-5-3-4(8)1-2-6(5)9;7-5-1-2-6(8)4-3-5;7-5-2-1-3-6(8)4-5/h11-12H2,1-4H3;3-4H,9-10H2,1-2H3;2*2-4H,8-9H2,1H3;1-2H,9-10H2;1-3H,8-9H2;2*1-4H,7-8H2. The van der Waals surface area contributed by atoms with E-state index >= 15 is 0 Å². The number of nitrogen functional groups attached to an aromatic ring is 16. The molecular formula is C56H77F3N16. The molecule has 0 heterocycles. The van der Waals surface area contributed by atoms with Crippen molar-refractivity contribution in [1.29, 1.82) is 0 Å². The van der Waals surface area contributed by atoms with Crippen LogP contribution in [0.2, 0.25) is 0 Å². The predicted octanol–water partition coefficient (Wildman–Crippen LogP) is 9.69. The summed E-state index contributed by atoms with van der Waals surface area (Å²) in [6.07, 6.45) is 0. The van der Waals surface area contributed by atoms with Gasteiger partial charge in [0, 0.05) is 86.1 Å². The first kappa shape index (κ1) is 63.4. The molecule has 0 radical (unpaired) electrons. The van der Waals surface area contributed by atoms with Gasteiger partial charge < -0.3 is 91.7 Å². The van der Waals surface area contributed by atoms with Crippen LogP contribution in [0.5, 0.6) is 0 Å². The van der Waals surface area contributed by atoms with Crippen molar-refractivity contribution in [3.05, 3.63) is 189 Å². The van der Waals surface area contributed by atoms with Crippen LogP contribution in [0.15, 0.2) is 127 Å². The van der Waals surface area contributed by atoms with Crippen LogP contribution in [0, 0.1) is 72.8 Å². The van der Waals surface area contributed by atoms with Crippen molar-refractivity contribution < 1.29 is 13.2 Å². The fourth-order valence-electron chi connectivity index (χ4n) is 5.81. The molecule has 0 aliphatic heterocycles. The molecule has 75 heavy (non-hydrogen) atoms. The molecule has 0 fully saturated rings. The molecule has 0 spiro atoms. The van der Waals surface area contributed by atoms with Crippen LogP contribution in [-0.2, 0) is 0 Å². The van der Waals surface area contributed by atoms with Crippen LogP contribution >= 0.6 is 0 Å². The van der Waals surface area contributed by atoms with E-state index in [0.717, 1.165) is 114 Å².